The van der Waals surface area contributed by atoms with Crippen LogP contribution >= 0.6 is 0 Å². The SMILES string of the molecule is CCC(=O)OCCCCOC.CCCCOCCCCOC(C)=O. The van der Waals surface area contributed by atoms with E-state index in [9.17, 15) is 9.59 Å². The molecule has 24 heavy (non-hydrogen) atoms. The van der Waals surface area contributed by atoms with Crippen LogP contribution in [-0.4, -0.2) is 52.1 Å². The van der Waals surface area contributed by atoms with Crippen LogP contribution in [0.25, 0.3) is 0 Å². The topological polar surface area (TPSA) is 71.1 Å². The lowest BCUT2D eigenvalue weighted by atomic mass is 10.3. The summed E-state index contributed by atoms with van der Waals surface area (Å²) in [5.41, 5.74) is 0. The van der Waals surface area contributed by atoms with E-state index in [1.165, 1.54) is 13.3 Å². The highest BCUT2D eigenvalue weighted by Gasteiger charge is 1.96. The van der Waals surface area contributed by atoms with Crippen molar-refractivity contribution in [1.29, 1.82) is 0 Å². The number of carbonyl (C=O) groups is 2. The Hall–Kier alpha value is -1.14. The fraction of sp³-hybridized carbons (Fsp3) is 0.889. The first-order valence-electron chi connectivity index (χ1n) is 8.94. The van der Waals surface area contributed by atoms with Gasteiger partial charge in [0.25, 0.3) is 0 Å². The summed E-state index contributed by atoms with van der Waals surface area (Å²) in [6.07, 6.45) is 6.47. The highest BCUT2D eigenvalue weighted by Crippen LogP contribution is 1.94. The predicted molar refractivity (Wildman–Crippen MR) is 94.0 cm³/mol. The van der Waals surface area contributed by atoms with Crippen molar-refractivity contribution in [3.05, 3.63) is 0 Å². The Morgan fingerprint density at radius 3 is 1.83 bits per heavy atom. The maximum Gasteiger partial charge on any atom is 0.305 e. The van der Waals surface area contributed by atoms with Crippen LogP contribution in [0.15, 0.2) is 0 Å². The Balaban J connectivity index is 0. The van der Waals surface area contributed by atoms with Gasteiger partial charge in [0.1, 0.15) is 0 Å². The average molecular weight is 348 g/mol. The van der Waals surface area contributed by atoms with E-state index in [0.29, 0.717) is 19.6 Å². The highest BCUT2D eigenvalue weighted by molar-refractivity contribution is 5.68. The fourth-order valence-corrected chi connectivity index (χ4v) is 1.51. The van der Waals surface area contributed by atoms with Gasteiger partial charge in [-0.3, -0.25) is 9.59 Å². The number of hydrogen-bond donors (Lipinski definition) is 0. The van der Waals surface area contributed by atoms with E-state index in [-0.39, 0.29) is 11.9 Å². The van der Waals surface area contributed by atoms with Crippen LogP contribution in [0.5, 0.6) is 0 Å². The Labute approximate surface area is 147 Å². The number of carbonyl (C=O) groups excluding carboxylic acids is 2. The number of unbranched alkanes of at least 4 members (excludes halogenated alkanes) is 3. The summed E-state index contributed by atoms with van der Waals surface area (Å²) in [5, 5.41) is 0. The third-order valence-corrected chi connectivity index (χ3v) is 2.93. The lowest BCUT2D eigenvalue weighted by Crippen LogP contribution is -2.04. The standard InChI is InChI=1S/C10H20O3.C8H16O3/c1-3-4-7-12-8-5-6-9-13-10(2)11;1-3-8(9)11-7-5-4-6-10-2/h3-9H2,1-2H3;3-7H2,1-2H3. The minimum Gasteiger partial charge on any atom is -0.466 e. The van der Waals surface area contributed by atoms with Gasteiger partial charge in [-0.2, -0.15) is 0 Å². The molecule has 0 aliphatic rings. The van der Waals surface area contributed by atoms with E-state index in [2.05, 4.69) is 6.92 Å². The minimum absolute atomic E-state index is 0.123. The first kappa shape index (κ1) is 25.1. The number of esters is 2. The number of hydrogen-bond acceptors (Lipinski definition) is 6. The van der Waals surface area contributed by atoms with E-state index in [0.717, 1.165) is 51.9 Å². The second kappa shape index (κ2) is 21.9. The van der Waals surface area contributed by atoms with E-state index >= 15 is 0 Å². The van der Waals surface area contributed by atoms with Gasteiger partial charge in [-0.25, -0.2) is 0 Å². The summed E-state index contributed by atoms with van der Waals surface area (Å²) in [7, 11) is 1.66. The largest absolute Gasteiger partial charge is 0.466 e. The summed E-state index contributed by atoms with van der Waals surface area (Å²) in [6.45, 7) is 8.77. The molecule has 144 valence electrons. The van der Waals surface area contributed by atoms with Gasteiger partial charge in [0, 0.05) is 40.3 Å². The summed E-state index contributed by atoms with van der Waals surface area (Å²) < 4.78 is 19.8. The first-order chi connectivity index (χ1) is 11.6. The molecule has 0 aromatic rings. The molecule has 0 aliphatic carbocycles. The molecule has 0 rings (SSSR count). The maximum atomic E-state index is 10.6. The molecule has 0 aromatic carbocycles. The Morgan fingerprint density at radius 2 is 1.29 bits per heavy atom. The van der Waals surface area contributed by atoms with Gasteiger partial charge >= 0.3 is 11.9 Å². The second-order valence-corrected chi connectivity index (χ2v) is 5.29. The van der Waals surface area contributed by atoms with E-state index < -0.39 is 0 Å². The van der Waals surface area contributed by atoms with Crippen molar-refractivity contribution in [2.75, 3.05) is 40.1 Å². The molecular weight excluding hydrogens is 312 g/mol. The molecule has 0 aromatic heterocycles. The smallest absolute Gasteiger partial charge is 0.305 e. The third-order valence-electron chi connectivity index (χ3n) is 2.93. The van der Waals surface area contributed by atoms with Crippen molar-refractivity contribution in [3.8, 4) is 0 Å². The van der Waals surface area contributed by atoms with Crippen molar-refractivity contribution in [2.24, 2.45) is 0 Å². The molecule has 0 spiro atoms. The maximum absolute atomic E-state index is 10.6. The zero-order valence-electron chi connectivity index (χ0n) is 15.9. The van der Waals surface area contributed by atoms with Crippen LogP contribution in [0.1, 0.15) is 65.7 Å². The zero-order valence-corrected chi connectivity index (χ0v) is 15.9. The molecule has 0 atom stereocenters. The molecule has 0 radical (unpaired) electrons. The third kappa shape index (κ3) is 25.8. The molecule has 6 nitrogen and oxygen atoms in total. The highest BCUT2D eigenvalue weighted by atomic mass is 16.5. The molecule has 0 fully saturated rings. The summed E-state index contributed by atoms with van der Waals surface area (Å²) in [6, 6.07) is 0. The van der Waals surface area contributed by atoms with Crippen LogP contribution in [-0.2, 0) is 28.5 Å². The normalized spacial score (nSPS) is 9.83. The molecular formula is C18H36O6. The Morgan fingerprint density at radius 1 is 0.750 bits per heavy atom. The summed E-state index contributed by atoms with van der Waals surface area (Å²) in [4.78, 5) is 21.0. The van der Waals surface area contributed by atoms with Gasteiger partial charge in [0.15, 0.2) is 0 Å². The quantitative estimate of drug-likeness (QED) is 0.353. The van der Waals surface area contributed by atoms with Crippen LogP contribution in [0, 0.1) is 0 Å². The molecule has 0 bridgehead atoms. The van der Waals surface area contributed by atoms with Gasteiger partial charge in [-0.1, -0.05) is 20.3 Å². The zero-order chi connectivity index (χ0) is 18.5. The van der Waals surface area contributed by atoms with Gasteiger partial charge in [-0.05, 0) is 32.1 Å². The van der Waals surface area contributed by atoms with Crippen LogP contribution in [0.2, 0.25) is 0 Å². The Kier molecular flexibility index (Phi) is 22.9. The van der Waals surface area contributed by atoms with Gasteiger partial charge in [0.2, 0.25) is 0 Å². The van der Waals surface area contributed by atoms with E-state index in [1.54, 1.807) is 14.0 Å². The molecule has 0 saturated carbocycles. The molecule has 0 amide bonds. The van der Waals surface area contributed by atoms with Crippen molar-refractivity contribution >= 4 is 11.9 Å². The van der Waals surface area contributed by atoms with Crippen LogP contribution in [0.4, 0.5) is 0 Å². The number of rotatable bonds is 14. The molecule has 0 N–H and O–H groups in total. The molecule has 0 unspecified atom stereocenters. The second-order valence-electron chi connectivity index (χ2n) is 5.29. The number of methoxy groups -OCH3 is 1. The van der Waals surface area contributed by atoms with Crippen LogP contribution in [0.3, 0.4) is 0 Å². The summed E-state index contributed by atoms with van der Waals surface area (Å²) >= 11 is 0. The van der Waals surface area contributed by atoms with Crippen molar-refractivity contribution in [1.82, 2.24) is 0 Å². The van der Waals surface area contributed by atoms with Gasteiger partial charge in [-0.15, -0.1) is 0 Å². The lowest BCUT2D eigenvalue weighted by molar-refractivity contribution is -0.143. The van der Waals surface area contributed by atoms with Crippen LogP contribution < -0.4 is 0 Å². The predicted octanol–water partition coefficient (Wildman–Crippen LogP) is 3.51. The Bertz CT molecular complexity index is 281. The minimum atomic E-state index is -0.202. The monoisotopic (exact) mass is 348 g/mol. The van der Waals surface area contributed by atoms with Crippen molar-refractivity contribution in [3.63, 3.8) is 0 Å². The van der Waals surface area contributed by atoms with E-state index in [4.69, 9.17) is 18.9 Å². The molecule has 0 saturated heterocycles. The first-order valence-corrected chi connectivity index (χ1v) is 8.94. The number of ether oxygens (including phenoxy) is 4. The lowest BCUT2D eigenvalue weighted by Gasteiger charge is -2.03. The van der Waals surface area contributed by atoms with Crippen molar-refractivity contribution < 1.29 is 28.5 Å². The van der Waals surface area contributed by atoms with Gasteiger partial charge < -0.3 is 18.9 Å². The van der Waals surface area contributed by atoms with E-state index in [1.807, 2.05) is 0 Å². The average Bonchev–Trinajstić information content (AvgIpc) is 2.57. The molecule has 0 heterocycles. The summed E-state index contributed by atoms with van der Waals surface area (Å²) in [5.74, 6) is -0.325. The fourth-order valence-electron chi connectivity index (χ4n) is 1.51. The molecule has 6 heteroatoms. The van der Waals surface area contributed by atoms with Gasteiger partial charge in [0.05, 0.1) is 13.2 Å². The molecule has 0 aliphatic heterocycles. The van der Waals surface area contributed by atoms with Crippen molar-refractivity contribution in [2.45, 2.75) is 65.7 Å².